The molecule has 1 atom stereocenters. The van der Waals surface area contributed by atoms with Gasteiger partial charge in [-0.1, -0.05) is 13.5 Å². The fourth-order valence-electron chi connectivity index (χ4n) is 0.404. The first kappa shape index (κ1) is 8.21. The number of carbonyl (C=O) groups excluding carboxylic acids is 1. The molecule has 2 heteroatoms. The third-order valence-electron chi connectivity index (χ3n) is 1.19. The summed E-state index contributed by atoms with van der Waals surface area (Å²) in [6, 6.07) is 0.260. The lowest BCUT2D eigenvalue weighted by Crippen LogP contribution is -2.30. The maximum Gasteiger partial charge on any atom is 0.243 e. The van der Waals surface area contributed by atoms with Gasteiger partial charge < -0.3 is 5.32 Å². The number of hydrogen-bond donors (Lipinski definition) is 1. The van der Waals surface area contributed by atoms with Gasteiger partial charge in [-0.05, 0) is 19.4 Å². The molecule has 0 bridgehead atoms. The average molecular weight is 127 g/mol. The highest BCUT2D eigenvalue weighted by molar-refractivity contribution is 5.86. The molecule has 2 nitrogen and oxygen atoms in total. The number of rotatable bonds is 3. The zero-order valence-electron chi connectivity index (χ0n) is 5.98. The Morgan fingerprint density at radius 2 is 2.44 bits per heavy atom. The molecule has 0 aromatic heterocycles. The Balaban J connectivity index is 3.46. The predicted molar refractivity (Wildman–Crippen MR) is 38.1 cm³/mol. The molecule has 0 heterocycles. The molecule has 0 spiro atoms. The zero-order valence-corrected chi connectivity index (χ0v) is 5.98. The third-order valence-corrected chi connectivity index (χ3v) is 1.19. The molecule has 0 aliphatic carbocycles. The van der Waals surface area contributed by atoms with E-state index in [1.165, 1.54) is 6.08 Å². The molecule has 0 aromatic carbocycles. The van der Waals surface area contributed by atoms with E-state index >= 15 is 0 Å². The molecule has 0 saturated carbocycles. The van der Waals surface area contributed by atoms with Crippen LogP contribution in [0.5, 0.6) is 0 Å². The Kier molecular flexibility index (Phi) is 3.76. The van der Waals surface area contributed by atoms with Gasteiger partial charge in [0.15, 0.2) is 0 Å². The van der Waals surface area contributed by atoms with Crippen molar-refractivity contribution in [3.05, 3.63) is 12.7 Å². The van der Waals surface area contributed by atoms with Crippen LogP contribution in [0.25, 0.3) is 0 Å². The summed E-state index contributed by atoms with van der Waals surface area (Å²) in [5.74, 6) is -0.0932. The lowest BCUT2D eigenvalue weighted by molar-refractivity contribution is -0.117. The molecule has 0 aromatic rings. The SMILES string of the molecule is C=CC(=O)NC(C)CC. The molecular weight excluding hydrogens is 114 g/mol. The van der Waals surface area contributed by atoms with E-state index < -0.39 is 0 Å². The van der Waals surface area contributed by atoms with Gasteiger partial charge in [0, 0.05) is 6.04 Å². The van der Waals surface area contributed by atoms with Gasteiger partial charge in [0.05, 0.1) is 0 Å². The summed E-state index contributed by atoms with van der Waals surface area (Å²) in [6.45, 7) is 7.32. The van der Waals surface area contributed by atoms with E-state index in [1.807, 2.05) is 13.8 Å². The molecule has 0 saturated heterocycles. The van der Waals surface area contributed by atoms with Crippen LogP contribution >= 0.6 is 0 Å². The summed E-state index contributed by atoms with van der Waals surface area (Å²) >= 11 is 0. The minimum atomic E-state index is -0.0932. The summed E-state index contributed by atoms with van der Waals surface area (Å²) in [6.07, 6.45) is 2.24. The van der Waals surface area contributed by atoms with E-state index in [9.17, 15) is 4.79 Å². The van der Waals surface area contributed by atoms with E-state index in [1.54, 1.807) is 0 Å². The Morgan fingerprint density at radius 3 is 2.78 bits per heavy atom. The zero-order chi connectivity index (χ0) is 7.28. The quantitative estimate of drug-likeness (QED) is 0.565. The second-order valence-corrected chi connectivity index (χ2v) is 2.02. The maximum atomic E-state index is 10.6. The van der Waals surface area contributed by atoms with Crippen molar-refractivity contribution in [3.8, 4) is 0 Å². The number of hydrogen-bond acceptors (Lipinski definition) is 1. The Labute approximate surface area is 56.0 Å². The van der Waals surface area contributed by atoms with E-state index in [0.717, 1.165) is 6.42 Å². The Morgan fingerprint density at radius 1 is 1.89 bits per heavy atom. The predicted octanol–water partition coefficient (Wildman–Crippen LogP) is 1.09. The largest absolute Gasteiger partial charge is 0.350 e. The van der Waals surface area contributed by atoms with Crippen LogP contribution in [0.3, 0.4) is 0 Å². The van der Waals surface area contributed by atoms with Crippen LogP contribution in [0.4, 0.5) is 0 Å². The van der Waals surface area contributed by atoms with Gasteiger partial charge in [-0.3, -0.25) is 4.79 Å². The molecule has 0 aliphatic heterocycles. The van der Waals surface area contributed by atoms with Gasteiger partial charge >= 0.3 is 0 Å². The van der Waals surface area contributed by atoms with Crippen LogP contribution < -0.4 is 5.32 Å². The number of nitrogens with one attached hydrogen (secondary N) is 1. The molecule has 1 unspecified atom stereocenters. The summed E-state index contributed by atoms with van der Waals surface area (Å²) in [4.78, 5) is 10.6. The monoisotopic (exact) mass is 127 g/mol. The molecular formula is C7H13NO. The molecule has 1 N–H and O–H groups in total. The second-order valence-electron chi connectivity index (χ2n) is 2.02. The maximum absolute atomic E-state index is 10.6. The van der Waals surface area contributed by atoms with Crippen LogP contribution in [0.15, 0.2) is 12.7 Å². The van der Waals surface area contributed by atoms with E-state index in [4.69, 9.17) is 0 Å². The normalized spacial score (nSPS) is 12.2. The smallest absolute Gasteiger partial charge is 0.243 e. The van der Waals surface area contributed by atoms with Crippen molar-refractivity contribution >= 4 is 5.91 Å². The highest BCUT2D eigenvalue weighted by Gasteiger charge is 1.98. The summed E-state index contributed by atoms with van der Waals surface area (Å²) in [5.41, 5.74) is 0. The van der Waals surface area contributed by atoms with Crippen LogP contribution in [0, 0.1) is 0 Å². The third kappa shape index (κ3) is 3.76. The molecule has 0 rings (SSSR count). The van der Waals surface area contributed by atoms with Crippen molar-refractivity contribution in [3.63, 3.8) is 0 Å². The van der Waals surface area contributed by atoms with Gasteiger partial charge in [0.2, 0.25) is 5.91 Å². The van der Waals surface area contributed by atoms with Crippen molar-refractivity contribution in [2.75, 3.05) is 0 Å². The second kappa shape index (κ2) is 4.13. The molecule has 0 radical (unpaired) electrons. The lowest BCUT2D eigenvalue weighted by atomic mass is 10.2. The topological polar surface area (TPSA) is 29.1 Å². The van der Waals surface area contributed by atoms with Gasteiger partial charge in [-0.2, -0.15) is 0 Å². The fourth-order valence-corrected chi connectivity index (χ4v) is 0.404. The highest BCUT2D eigenvalue weighted by Crippen LogP contribution is 1.86. The lowest BCUT2D eigenvalue weighted by Gasteiger charge is -2.07. The Hall–Kier alpha value is -0.790. The van der Waals surface area contributed by atoms with Crippen molar-refractivity contribution in [1.29, 1.82) is 0 Å². The van der Waals surface area contributed by atoms with Crippen molar-refractivity contribution in [1.82, 2.24) is 5.32 Å². The minimum Gasteiger partial charge on any atom is -0.350 e. The first-order valence-electron chi connectivity index (χ1n) is 3.13. The molecule has 0 fully saturated rings. The molecule has 9 heavy (non-hydrogen) atoms. The van der Waals surface area contributed by atoms with E-state index in [0.29, 0.717) is 0 Å². The van der Waals surface area contributed by atoms with Crippen LogP contribution in [-0.4, -0.2) is 11.9 Å². The molecule has 1 amide bonds. The van der Waals surface area contributed by atoms with E-state index in [-0.39, 0.29) is 11.9 Å². The van der Waals surface area contributed by atoms with Crippen molar-refractivity contribution < 1.29 is 4.79 Å². The number of amides is 1. The van der Waals surface area contributed by atoms with Gasteiger partial charge in [0.1, 0.15) is 0 Å². The van der Waals surface area contributed by atoms with Crippen LogP contribution in [0.1, 0.15) is 20.3 Å². The molecule has 0 aliphatic rings. The first-order valence-corrected chi connectivity index (χ1v) is 3.13. The minimum absolute atomic E-state index is 0.0932. The average Bonchev–Trinajstić information content (AvgIpc) is 1.87. The summed E-state index contributed by atoms with van der Waals surface area (Å²) < 4.78 is 0. The van der Waals surface area contributed by atoms with Crippen molar-refractivity contribution in [2.24, 2.45) is 0 Å². The highest BCUT2D eigenvalue weighted by atomic mass is 16.1. The van der Waals surface area contributed by atoms with Crippen LogP contribution in [0.2, 0.25) is 0 Å². The summed E-state index contributed by atoms with van der Waals surface area (Å²) in [5, 5.41) is 2.72. The fraction of sp³-hybridized carbons (Fsp3) is 0.571. The van der Waals surface area contributed by atoms with Gasteiger partial charge in [-0.25, -0.2) is 0 Å². The van der Waals surface area contributed by atoms with E-state index in [2.05, 4.69) is 11.9 Å². The first-order chi connectivity index (χ1) is 4.20. The van der Waals surface area contributed by atoms with Crippen LogP contribution in [-0.2, 0) is 4.79 Å². The Bertz CT molecular complexity index is 109. The van der Waals surface area contributed by atoms with Crippen molar-refractivity contribution in [2.45, 2.75) is 26.3 Å². The molecule has 52 valence electrons. The summed E-state index contributed by atoms with van der Waals surface area (Å²) in [7, 11) is 0. The number of carbonyl (C=O) groups is 1. The van der Waals surface area contributed by atoms with Gasteiger partial charge in [0.25, 0.3) is 0 Å². The van der Waals surface area contributed by atoms with Gasteiger partial charge in [-0.15, -0.1) is 0 Å². The standard InChI is InChI=1S/C7H13NO/c1-4-6(3)8-7(9)5-2/h5-6H,2,4H2,1,3H3,(H,8,9).